The van der Waals surface area contributed by atoms with E-state index in [2.05, 4.69) is 162 Å². The number of hydrogen-bond donors (Lipinski definition) is 1. The van der Waals surface area contributed by atoms with E-state index in [-0.39, 0.29) is 76.1 Å². The summed E-state index contributed by atoms with van der Waals surface area (Å²) in [5.41, 5.74) is -6.17. The van der Waals surface area contributed by atoms with E-state index in [1.54, 1.807) is 6.92 Å². The van der Waals surface area contributed by atoms with Gasteiger partial charge in [-0.05, 0) is 130 Å². The average Bonchev–Trinajstić information content (AvgIpc) is 3.66. The number of ether oxygens (including phenoxy) is 3. The molecule has 4 rings (SSSR count). The number of fused-ring (bicyclic) bond motifs is 2. The molecule has 1 N–H and O–H groups in total. The fourth-order valence-electron chi connectivity index (χ4n) is 10.7. The van der Waals surface area contributed by atoms with Crippen LogP contribution in [0.3, 0.4) is 0 Å². The molecule has 0 bridgehead atoms. The highest BCUT2D eigenvalue weighted by Crippen LogP contribution is 2.52. The van der Waals surface area contributed by atoms with Gasteiger partial charge in [-0.25, -0.2) is 0 Å². The van der Waals surface area contributed by atoms with Crippen LogP contribution in [-0.2, 0) is 46.2 Å². The number of rotatable bonds is 25. The number of halogens is 4. The second-order valence-electron chi connectivity index (χ2n) is 27.5. The summed E-state index contributed by atoms with van der Waals surface area (Å²) in [6, 6.07) is 3.40. The Morgan fingerprint density at radius 2 is 1.39 bits per heavy atom. The largest absolute Gasteiger partial charge is 0.534 e. The first-order valence-electron chi connectivity index (χ1n) is 28.4. The van der Waals surface area contributed by atoms with Gasteiger partial charge in [-0.3, -0.25) is 0 Å². The fourth-order valence-corrected chi connectivity index (χ4v) is 18.9. The third-order valence-electron chi connectivity index (χ3n) is 19.2. The maximum atomic E-state index is 13.0. The Morgan fingerprint density at radius 1 is 0.827 bits per heavy atom. The van der Waals surface area contributed by atoms with Gasteiger partial charge in [0.1, 0.15) is 11.4 Å². The highest BCUT2D eigenvalue weighted by molar-refractivity contribution is 14.1. The third kappa shape index (κ3) is 17.0. The molecular formula is C55H104F3IO11SSi4. The van der Waals surface area contributed by atoms with Crippen LogP contribution in [0.15, 0.2) is 24.5 Å². The van der Waals surface area contributed by atoms with Crippen molar-refractivity contribution in [3.8, 4) is 0 Å². The Kier molecular flexibility index (Phi) is 23.4. The minimum absolute atomic E-state index is 0.0423. The summed E-state index contributed by atoms with van der Waals surface area (Å²) < 4.78 is 118. The maximum absolute atomic E-state index is 13.0. The molecule has 4 fully saturated rings. The number of aliphatic hydroxyl groups is 1. The molecule has 440 valence electrons. The van der Waals surface area contributed by atoms with E-state index in [9.17, 15) is 26.7 Å². The minimum Gasteiger partial charge on any atom is -0.417 e. The van der Waals surface area contributed by atoms with Gasteiger partial charge in [0.2, 0.25) is 0 Å². The lowest BCUT2D eigenvalue weighted by molar-refractivity contribution is -0.175. The van der Waals surface area contributed by atoms with Gasteiger partial charge in [-0.15, -0.1) is 0 Å². The van der Waals surface area contributed by atoms with Crippen molar-refractivity contribution in [2.45, 2.75) is 280 Å². The van der Waals surface area contributed by atoms with Crippen molar-refractivity contribution in [1.82, 2.24) is 0 Å². The zero-order valence-corrected chi connectivity index (χ0v) is 56.8. The smallest absolute Gasteiger partial charge is 0.417 e. The van der Waals surface area contributed by atoms with Crippen molar-refractivity contribution in [1.29, 1.82) is 0 Å². The summed E-state index contributed by atoms with van der Waals surface area (Å²) in [4.78, 5) is 0. The van der Waals surface area contributed by atoms with Crippen LogP contribution in [0.25, 0.3) is 0 Å². The molecule has 0 spiro atoms. The molecule has 1 unspecified atom stereocenters. The first-order chi connectivity index (χ1) is 34.1. The molecule has 3 aliphatic heterocycles. The Morgan fingerprint density at radius 3 is 1.91 bits per heavy atom. The van der Waals surface area contributed by atoms with Crippen LogP contribution in [0.1, 0.15) is 148 Å². The lowest BCUT2D eigenvalue weighted by Gasteiger charge is -2.56. The minimum atomic E-state index is -5.81. The van der Waals surface area contributed by atoms with Crippen molar-refractivity contribution in [2.75, 3.05) is 17.6 Å². The van der Waals surface area contributed by atoms with Crippen LogP contribution in [0.4, 0.5) is 13.2 Å². The predicted molar refractivity (Wildman–Crippen MR) is 316 cm³/mol. The van der Waals surface area contributed by atoms with Crippen molar-refractivity contribution in [2.24, 2.45) is 23.7 Å². The normalized spacial score (nSPS) is 30.2. The Labute approximate surface area is 471 Å². The van der Waals surface area contributed by atoms with Crippen LogP contribution in [0.5, 0.6) is 0 Å². The van der Waals surface area contributed by atoms with E-state index in [1.165, 1.54) is 0 Å². The molecule has 0 amide bonds. The van der Waals surface area contributed by atoms with Crippen LogP contribution < -0.4 is 0 Å². The third-order valence-corrected chi connectivity index (χ3v) is 39.6. The zero-order chi connectivity index (χ0) is 57.2. The van der Waals surface area contributed by atoms with Gasteiger partial charge < -0.3 is 41.2 Å². The molecular weight excluding hydrogens is 1160 g/mol. The Balaban J connectivity index is 1.64. The summed E-state index contributed by atoms with van der Waals surface area (Å²) >= 11 is 2.31. The molecule has 1 aliphatic carbocycles. The van der Waals surface area contributed by atoms with Gasteiger partial charge in [-0.1, -0.05) is 131 Å². The van der Waals surface area contributed by atoms with E-state index in [4.69, 9.17) is 31.9 Å². The van der Waals surface area contributed by atoms with Crippen LogP contribution in [0.2, 0.25) is 72.5 Å². The van der Waals surface area contributed by atoms with E-state index in [0.29, 0.717) is 49.1 Å². The van der Waals surface area contributed by atoms with Gasteiger partial charge in [-0.2, -0.15) is 21.6 Å². The summed E-state index contributed by atoms with van der Waals surface area (Å²) in [5.74, 6) is -0.800. The molecule has 3 heterocycles. The van der Waals surface area contributed by atoms with Crippen molar-refractivity contribution >= 4 is 66.0 Å². The van der Waals surface area contributed by atoms with Gasteiger partial charge >= 0.3 is 15.6 Å². The van der Waals surface area contributed by atoms with E-state index in [0.717, 1.165) is 44.0 Å². The molecule has 20 heteroatoms. The molecule has 3 saturated heterocycles. The second-order valence-corrected chi connectivity index (χ2v) is 48.9. The highest BCUT2D eigenvalue weighted by atomic mass is 127. The Hall–Kier alpha value is 0.298. The topological polar surface area (TPSA) is 128 Å². The number of aliphatic hydroxyl groups excluding tert-OH is 1. The number of alkyl halides is 4. The van der Waals surface area contributed by atoms with Crippen LogP contribution >= 0.6 is 22.6 Å². The molecule has 11 nitrogen and oxygen atoms in total. The molecule has 0 radical (unpaired) electrons. The lowest BCUT2D eigenvalue weighted by Crippen LogP contribution is -2.64. The summed E-state index contributed by atoms with van der Waals surface area (Å²) in [7, 11) is -14.8. The second kappa shape index (κ2) is 25.8. The predicted octanol–water partition coefficient (Wildman–Crippen LogP) is 15.2. The van der Waals surface area contributed by atoms with Crippen LogP contribution in [0, 0.1) is 23.7 Å². The summed E-state index contributed by atoms with van der Waals surface area (Å²) in [6.07, 6.45) is 7.49. The van der Waals surface area contributed by atoms with E-state index >= 15 is 0 Å². The van der Waals surface area contributed by atoms with Crippen molar-refractivity contribution in [3.63, 3.8) is 0 Å². The van der Waals surface area contributed by atoms with Crippen molar-refractivity contribution < 1.29 is 62.8 Å². The van der Waals surface area contributed by atoms with E-state index in [1.807, 2.05) is 6.08 Å². The molecule has 13 atom stereocenters. The fraction of sp³-hybridized carbons (Fsp3) is 0.927. The highest BCUT2D eigenvalue weighted by Gasteiger charge is 2.58. The molecule has 4 aliphatic rings. The van der Waals surface area contributed by atoms with Crippen molar-refractivity contribution in [3.05, 3.63) is 24.5 Å². The molecule has 0 aromatic heterocycles. The first kappa shape index (κ1) is 67.8. The Bertz CT molecular complexity index is 1980. The average molecular weight is 1270 g/mol. The standard InChI is InChI=1S/C55H104F3IO11SSi4/c1-21-75(22-2,23-3)64-31-30-40-33-44-47(63-36-40)34-45(50(70-74(19,20)53(12,13)14)49(44)69-73(17,18)52(9,10)11)46(68-72(15,16)51(6,7)8)28-25-41(60)24-26-43-35-54(37-59)48(65-43)29-27-42(66-54)32-38(4)39(5)67-71(61,62)55(56,57)58/h25,28,38,40-50,60H,5,21-24,26-27,29-37H2,1-4,6-20H3/b28-25+/t38-,40-,41?,42-,43+,44+,45+,46+,47-,48+,49+,50-,54-/m1/s1. The van der Waals surface area contributed by atoms with Gasteiger partial charge in [0.05, 0.1) is 48.8 Å². The van der Waals surface area contributed by atoms with Gasteiger partial charge in [0.15, 0.2) is 33.3 Å². The first-order valence-corrected chi connectivity index (χ1v) is 42.6. The molecule has 1 saturated carbocycles. The SMILES string of the molecule is C=C(OS(=O)(=O)C(F)(F)F)[C@H](C)C[C@H]1CC[C@@H]2O[C@@H](CCC(O)/C=C/[C@H](O[Si](C)(C)C(C)(C)C)[C@@H]3C[C@H]4OC[C@H](CCO[Si](CC)(CC)CC)C[C@@H]4[C@H](O[Si](C)(C)C(C)(C)C)[C@@H]3O[Si](C)(C)C(C)(C)C)C[C@]2(CI)O1. The monoisotopic (exact) mass is 1270 g/mol. The van der Waals surface area contributed by atoms with Gasteiger partial charge in [0, 0.05) is 41.8 Å². The zero-order valence-electron chi connectivity index (χ0n) is 49.8. The quantitative estimate of drug-likeness (QED) is 0.0178. The van der Waals surface area contributed by atoms with Crippen LogP contribution in [-0.4, -0.2) is 124 Å². The lowest BCUT2D eigenvalue weighted by atomic mass is 9.69. The maximum Gasteiger partial charge on any atom is 0.534 e. The molecule has 0 aromatic rings. The van der Waals surface area contributed by atoms with Gasteiger partial charge in [0.25, 0.3) is 0 Å². The number of allylic oxidation sites excluding steroid dienone is 1. The summed E-state index contributed by atoms with van der Waals surface area (Å²) in [6.45, 7) is 48.1. The molecule has 75 heavy (non-hydrogen) atoms. The van der Waals surface area contributed by atoms with E-state index < -0.39 is 72.3 Å². The number of hydrogen-bond acceptors (Lipinski definition) is 11. The molecule has 0 aromatic carbocycles. The summed E-state index contributed by atoms with van der Waals surface area (Å²) in [5, 5.41) is 11.7.